The van der Waals surface area contributed by atoms with E-state index >= 15 is 0 Å². The van der Waals surface area contributed by atoms with E-state index in [-0.39, 0.29) is 44.9 Å². The molecule has 0 aromatic carbocycles. The van der Waals surface area contributed by atoms with E-state index < -0.39 is 53.3 Å². The number of carbonyl (C=O) groups excluding carboxylic acids is 4. The molecular weight excluding hydrogens is 396 g/mol. The number of Topliss-reactive ketones (excluding diaryl/α,β-unsaturated/α-hetero) is 3. The van der Waals surface area contributed by atoms with E-state index in [4.69, 9.17) is 4.74 Å². The van der Waals surface area contributed by atoms with Gasteiger partial charge in [-0.3, -0.25) is 19.2 Å². The number of ether oxygens (including phenoxy) is 1. The monoisotopic (exact) mass is 432 g/mol. The molecule has 0 fully saturated rings. The minimum absolute atomic E-state index is 0.187. The average Bonchev–Trinajstić information content (AvgIpc) is 2.70. The van der Waals surface area contributed by atoms with E-state index in [1.807, 2.05) is 0 Å². The summed E-state index contributed by atoms with van der Waals surface area (Å²) < 4.78 is 5.29. The maximum Gasteiger partial charge on any atom is 0.307 e. The van der Waals surface area contributed by atoms with Gasteiger partial charge in [0.25, 0.3) is 5.60 Å². The first-order valence-electron chi connectivity index (χ1n) is 10.6. The smallest absolute Gasteiger partial charge is 0.307 e. The van der Waals surface area contributed by atoms with Crippen molar-refractivity contribution in [3.8, 4) is 0 Å². The van der Waals surface area contributed by atoms with Gasteiger partial charge in [0.05, 0.1) is 6.61 Å². The molecule has 30 heavy (non-hydrogen) atoms. The summed E-state index contributed by atoms with van der Waals surface area (Å²) in [6.45, 7) is 5.43. The summed E-state index contributed by atoms with van der Waals surface area (Å²) in [5.74, 6) is -4.21. The normalized spacial score (nSPS) is 15.7. The van der Waals surface area contributed by atoms with Gasteiger partial charge in [0.1, 0.15) is 12.2 Å². The van der Waals surface area contributed by atoms with Crippen LogP contribution in [-0.4, -0.2) is 73.8 Å². The molecule has 0 rings (SSSR count). The fraction of sp³-hybridized carbons (Fsp3) is 0.810. The molecule has 3 atom stereocenters. The molecule has 0 bridgehead atoms. The number of aliphatic hydroxyl groups excluding tert-OH is 3. The highest BCUT2D eigenvalue weighted by atomic mass is 16.6. The summed E-state index contributed by atoms with van der Waals surface area (Å²) in [7, 11) is 0. The van der Waals surface area contributed by atoms with Gasteiger partial charge in [-0.1, -0.05) is 27.7 Å². The van der Waals surface area contributed by atoms with Crippen molar-refractivity contribution in [1.82, 2.24) is 0 Å². The predicted molar refractivity (Wildman–Crippen MR) is 108 cm³/mol. The van der Waals surface area contributed by atoms with Crippen LogP contribution in [0.4, 0.5) is 0 Å². The van der Waals surface area contributed by atoms with Gasteiger partial charge < -0.3 is 25.2 Å². The van der Waals surface area contributed by atoms with Crippen molar-refractivity contribution < 1.29 is 44.3 Å². The Morgan fingerprint density at radius 1 is 0.767 bits per heavy atom. The van der Waals surface area contributed by atoms with Gasteiger partial charge in [0, 0.05) is 25.7 Å². The highest BCUT2D eigenvalue weighted by molar-refractivity contribution is 6.17. The van der Waals surface area contributed by atoms with E-state index in [1.54, 1.807) is 27.7 Å². The van der Waals surface area contributed by atoms with E-state index in [0.29, 0.717) is 6.42 Å². The Morgan fingerprint density at radius 3 is 1.53 bits per heavy atom. The molecule has 9 nitrogen and oxygen atoms in total. The molecule has 0 aliphatic carbocycles. The Kier molecular flexibility index (Phi) is 12.2. The Labute approximate surface area is 177 Å². The molecule has 0 aliphatic heterocycles. The first kappa shape index (κ1) is 28.3. The zero-order valence-corrected chi connectivity index (χ0v) is 18.3. The number of carbonyl (C=O) groups is 4. The van der Waals surface area contributed by atoms with Crippen LogP contribution < -0.4 is 0 Å². The molecule has 0 saturated heterocycles. The van der Waals surface area contributed by atoms with Crippen LogP contribution >= 0.6 is 0 Å². The van der Waals surface area contributed by atoms with Crippen molar-refractivity contribution in [3.63, 3.8) is 0 Å². The molecule has 9 heteroatoms. The topological polar surface area (TPSA) is 158 Å². The van der Waals surface area contributed by atoms with Crippen molar-refractivity contribution in [2.75, 3.05) is 6.61 Å². The van der Waals surface area contributed by atoms with Crippen LogP contribution in [0.5, 0.6) is 0 Å². The second kappa shape index (κ2) is 12.9. The molecule has 0 saturated carbocycles. The summed E-state index contributed by atoms with van der Waals surface area (Å²) in [4.78, 5) is 51.9. The van der Waals surface area contributed by atoms with Gasteiger partial charge in [-0.05, 0) is 25.7 Å². The third kappa shape index (κ3) is 5.72. The summed E-state index contributed by atoms with van der Waals surface area (Å²) in [5.41, 5.74) is -6.28. The average molecular weight is 433 g/mol. The maximum atomic E-state index is 13.2. The lowest BCUT2D eigenvalue weighted by Crippen LogP contribution is -2.76. The van der Waals surface area contributed by atoms with Gasteiger partial charge in [-0.25, -0.2) is 0 Å². The molecule has 4 N–H and O–H groups in total. The molecule has 0 heterocycles. The Morgan fingerprint density at radius 2 is 1.17 bits per heavy atom. The largest absolute Gasteiger partial charge is 0.439 e. The van der Waals surface area contributed by atoms with Gasteiger partial charge in [0.15, 0.2) is 17.3 Å². The lowest BCUT2D eigenvalue weighted by atomic mass is 9.67. The molecule has 0 aromatic rings. The Hall–Kier alpha value is -1.68. The van der Waals surface area contributed by atoms with Crippen LogP contribution in [0.25, 0.3) is 0 Å². The lowest BCUT2D eigenvalue weighted by Gasteiger charge is -2.46. The number of rotatable bonds is 16. The third-order valence-corrected chi connectivity index (χ3v) is 4.88. The standard InChI is InChI=1S/C21H36O9/c1-5-9-15(24)20(29,19(28)14(23)13-22)21(16(25)10-6-2,17(26)11-7-3)30-18(27)12-8-4/h14,19,22-23,28-29H,5-13H2,1-4H3/t14-,19+,20-/m1/s1. The van der Waals surface area contributed by atoms with Crippen LogP contribution in [0.3, 0.4) is 0 Å². The molecule has 0 spiro atoms. The molecule has 0 aliphatic rings. The predicted octanol–water partition coefficient (Wildman–Crippen LogP) is 0.621. The highest BCUT2D eigenvalue weighted by Crippen LogP contribution is 2.38. The van der Waals surface area contributed by atoms with Crippen molar-refractivity contribution in [1.29, 1.82) is 0 Å². The molecule has 0 radical (unpaired) electrons. The fourth-order valence-electron chi connectivity index (χ4n) is 3.37. The van der Waals surface area contributed by atoms with Gasteiger partial charge in [0.2, 0.25) is 5.60 Å². The summed E-state index contributed by atoms with van der Waals surface area (Å²) in [5, 5.41) is 41.5. The SMILES string of the molecule is CCCC(=O)OC(C(=O)CCC)(C(=O)CCC)[C@@](O)(C(=O)CCC)[C@@H](O)[C@H](O)CO. The maximum absolute atomic E-state index is 13.2. The summed E-state index contributed by atoms with van der Waals surface area (Å²) in [6, 6.07) is 0. The van der Waals surface area contributed by atoms with Gasteiger partial charge >= 0.3 is 5.97 Å². The molecule has 174 valence electrons. The second-order valence-corrected chi connectivity index (χ2v) is 7.39. The van der Waals surface area contributed by atoms with E-state index in [2.05, 4.69) is 0 Å². The summed E-state index contributed by atoms with van der Waals surface area (Å²) >= 11 is 0. The quantitative estimate of drug-likeness (QED) is 0.203. The van der Waals surface area contributed by atoms with Crippen LogP contribution in [0.2, 0.25) is 0 Å². The van der Waals surface area contributed by atoms with Gasteiger partial charge in [-0.15, -0.1) is 0 Å². The highest BCUT2D eigenvalue weighted by Gasteiger charge is 2.70. The molecular formula is C21H36O9. The first-order valence-corrected chi connectivity index (χ1v) is 10.6. The number of ketones is 3. The van der Waals surface area contributed by atoms with Crippen molar-refractivity contribution in [2.45, 2.75) is 102 Å². The van der Waals surface area contributed by atoms with Crippen LogP contribution in [-0.2, 0) is 23.9 Å². The van der Waals surface area contributed by atoms with Crippen LogP contribution in [0, 0.1) is 0 Å². The van der Waals surface area contributed by atoms with E-state index in [0.717, 1.165) is 0 Å². The Bertz CT molecular complexity index is 583. The second-order valence-electron chi connectivity index (χ2n) is 7.39. The zero-order valence-electron chi connectivity index (χ0n) is 18.3. The molecule has 0 aromatic heterocycles. The van der Waals surface area contributed by atoms with Crippen LogP contribution in [0.1, 0.15) is 79.1 Å². The van der Waals surface area contributed by atoms with Crippen molar-refractivity contribution >= 4 is 23.3 Å². The minimum Gasteiger partial charge on any atom is -0.439 e. The van der Waals surface area contributed by atoms with Crippen molar-refractivity contribution in [3.05, 3.63) is 0 Å². The van der Waals surface area contributed by atoms with E-state index in [1.165, 1.54) is 0 Å². The number of hydrogen-bond acceptors (Lipinski definition) is 9. The number of aliphatic hydroxyl groups is 4. The van der Waals surface area contributed by atoms with Crippen LogP contribution in [0.15, 0.2) is 0 Å². The molecule has 0 unspecified atom stereocenters. The number of esters is 1. The fourth-order valence-corrected chi connectivity index (χ4v) is 3.37. The first-order chi connectivity index (χ1) is 14.0. The van der Waals surface area contributed by atoms with E-state index in [9.17, 15) is 39.6 Å². The minimum atomic E-state index is -3.26. The summed E-state index contributed by atoms with van der Waals surface area (Å²) in [6.07, 6.45) is -4.80. The molecule has 0 amide bonds. The third-order valence-electron chi connectivity index (χ3n) is 4.88. The zero-order chi connectivity index (χ0) is 23.5. The Balaban J connectivity index is 7.11. The lowest BCUT2D eigenvalue weighted by molar-refractivity contribution is -0.229. The van der Waals surface area contributed by atoms with Crippen molar-refractivity contribution in [2.24, 2.45) is 0 Å². The van der Waals surface area contributed by atoms with Gasteiger partial charge in [-0.2, -0.15) is 0 Å². The number of hydrogen-bond donors (Lipinski definition) is 4.